The van der Waals surface area contributed by atoms with Gasteiger partial charge < -0.3 is 0 Å². The zero-order chi connectivity index (χ0) is 15.9. The number of nitrogens with zero attached hydrogens (tertiary/aromatic N) is 1. The number of Topliss-reactive ketones (excluding diaryl/α,β-unsaturated/α-hetero) is 1. The number of benzene rings is 1. The molecular weight excluding hydrogens is 281 g/mol. The topological polar surface area (TPSA) is 38.5 Å². The van der Waals surface area contributed by atoms with Crippen LogP contribution in [0.15, 0.2) is 53.3 Å². The molecule has 0 fully saturated rings. The molecule has 0 amide bonds. The Morgan fingerprint density at radius 2 is 1.82 bits per heavy atom. The zero-order valence-corrected chi connectivity index (χ0v) is 12.3. The molecule has 3 rings (SSSR count). The van der Waals surface area contributed by atoms with E-state index in [9.17, 15) is 14.0 Å². The Kier molecular flexibility index (Phi) is 3.37. The highest BCUT2D eigenvalue weighted by Crippen LogP contribution is 2.23. The smallest absolute Gasteiger partial charge is 0.263 e. The Morgan fingerprint density at radius 3 is 2.50 bits per heavy atom. The number of hydrogen-bond acceptors (Lipinski definition) is 2. The van der Waals surface area contributed by atoms with Gasteiger partial charge in [0.05, 0.1) is 5.56 Å². The van der Waals surface area contributed by atoms with E-state index in [1.54, 1.807) is 18.2 Å². The van der Waals surface area contributed by atoms with Crippen molar-refractivity contribution in [3.05, 3.63) is 76.0 Å². The van der Waals surface area contributed by atoms with Crippen LogP contribution >= 0.6 is 0 Å². The molecule has 0 aliphatic rings. The van der Waals surface area contributed by atoms with E-state index in [1.165, 1.54) is 29.5 Å². The summed E-state index contributed by atoms with van der Waals surface area (Å²) < 4.78 is 15.1. The minimum Gasteiger partial charge on any atom is -0.294 e. The van der Waals surface area contributed by atoms with E-state index < -0.39 is 5.82 Å². The molecule has 3 aromatic rings. The summed E-state index contributed by atoms with van der Waals surface area (Å²) in [5, 5.41) is 0. The Hall–Kier alpha value is -2.75. The van der Waals surface area contributed by atoms with Gasteiger partial charge in [-0.2, -0.15) is 0 Å². The van der Waals surface area contributed by atoms with Gasteiger partial charge in [-0.05, 0) is 49.7 Å². The van der Waals surface area contributed by atoms with Crippen LogP contribution < -0.4 is 5.56 Å². The van der Waals surface area contributed by atoms with Crippen LogP contribution in [0.3, 0.4) is 0 Å². The molecule has 2 heterocycles. The lowest BCUT2D eigenvalue weighted by Gasteiger charge is -2.12. The number of fused-ring (bicyclic) bond motifs is 1. The number of carbonyl (C=O) groups excluding carboxylic acids is 1. The summed E-state index contributed by atoms with van der Waals surface area (Å²) in [4.78, 5) is 24.8. The number of aryl methyl sites for hydroxylation is 1. The zero-order valence-electron chi connectivity index (χ0n) is 12.3. The van der Waals surface area contributed by atoms with E-state index in [0.29, 0.717) is 16.6 Å². The van der Waals surface area contributed by atoms with Gasteiger partial charge in [-0.25, -0.2) is 4.39 Å². The molecule has 1 aromatic carbocycles. The van der Waals surface area contributed by atoms with Gasteiger partial charge in [0, 0.05) is 16.8 Å². The van der Waals surface area contributed by atoms with Crippen LogP contribution in [-0.4, -0.2) is 10.2 Å². The number of ketones is 1. The van der Waals surface area contributed by atoms with Crippen LogP contribution in [0.2, 0.25) is 0 Å². The number of pyridine rings is 2. The van der Waals surface area contributed by atoms with Crippen LogP contribution in [0.1, 0.15) is 23.0 Å². The van der Waals surface area contributed by atoms with Gasteiger partial charge >= 0.3 is 0 Å². The fourth-order valence-corrected chi connectivity index (χ4v) is 2.68. The third-order valence-electron chi connectivity index (χ3n) is 3.69. The SMILES string of the molecule is CC(=O)c1cc2cccc(C)n2c(=O)c1-c1cccc(F)c1. The van der Waals surface area contributed by atoms with Crippen molar-refractivity contribution in [2.45, 2.75) is 13.8 Å². The van der Waals surface area contributed by atoms with Crippen LogP contribution in [0.25, 0.3) is 16.6 Å². The lowest BCUT2D eigenvalue weighted by Crippen LogP contribution is -2.21. The monoisotopic (exact) mass is 295 g/mol. The van der Waals surface area contributed by atoms with Crippen molar-refractivity contribution in [3.8, 4) is 11.1 Å². The molecule has 0 aliphatic carbocycles. The third kappa shape index (κ3) is 2.22. The average Bonchev–Trinajstić information content (AvgIpc) is 2.46. The number of carbonyl (C=O) groups is 1. The van der Waals surface area contributed by atoms with Gasteiger partial charge in [-0.15, -0.1) is 0 Å². The van der Waals surface area contributed by atoms with Gasteiger partial charge in [0.15, 0.2) is 5.78 Å². The Bertz CT molecular complexity index is 957. The van der Waals surface area contributed by atoms with Crippen molar-refractivity contribution in [3.63, 3.8) is 0 Å². The summed E-state index contributed by atoms with van der Waals surface area (Å²) in [5.74, 6) is -0.665. The molecule has 0 N–H and O–H groups in total. The van der Waals surface area contributed by atoms with E-state index in [0.717, 1.165) is 5.69 Å². The van der Waals surface area contributed by atoms with Crippen molar-refractivity contribution in [2.75, 3.05) is 0 Å². The van der Waals surface area contributed by atoms with Crippen LogP contribution in [-0.2, 0) is 0 Å². The third-order valence-corrected chi connectivity index (χ3v) is 3.69. The maximum absolute atomic E-state index is 13.5. The maximum Gasteiger partial charge on any atom is 0.263 e. The fourth-order valence-electron chi connectivity index (χ4n) is 2.68. The molecule has 0 aliphatic heterocycles. The molecule has 2 aromatic heterocycles. The van der Waals surface area contributed by atoms with E-state index in [2.05, 4.69) is 0 Å². The van der Waals surface area contributed by atoms with Crippen LogP contribution in [0.5, 0.6) is 0 Å². The molecule has 22 heavy (non-hydrogen) atoms. The van der Waals surface area contributed by atoms with E-state index in [4.69, 9.17) is 0 Å². The van der Waals surface area contributed by atoms with Gasteiger partial charge in [-0.3, -0.25) is 14.0 Å². The van der Waals surface area contributed by atoms with E-state index >= 15 is 0 Å². The number of rotatable bonds is 2. The van der Waals surface area contributed by atoms with Crippen molar-refractivity contribution < 1.29 is 9.18 Å². The quantitative estimate of drug-likeness (QED) is 0.677. The molecule has 0 bridgehead atoms. The fraction of sp³-hybridized carbons (Fsp3) is 0.111. The molecule has 110 valence electrons. The number of hydrogen-bond donors (Lipinski definition) is 0. The molecule has 0 unspecified atom stereocenters. The second-order valence-corrected chi connectivity index (χ2v) is 5.23. The van der Waals surface area contributed by atoms with Crippen molar-refractivity contribution in [1.29, 1.82) is 0 Å². The first-order valence-corrected chi connectivity index (χ1v) is 6.91. The highest BCUT2D eigenvalue weighted by atomic mass is 19.1. The summed E-state index contributed by atoms with van der Waals surface area (Å²) >= 11 is 0. The molecule has 3 nitrogen and oxygen atoms in total. The maximum atomic E-state index is 13.5. The Balaban J connectivity index is 2.49. The van der Waals surface area contributed by atoms with Crippen molar-refractivity contribution >= 4 is 11.3 Å². The Morgan fingerprint density at radius 1 is 1.09 bits per heavy atom. The average molecular weight is 295 g/mol. The molecular formula is C18H14FNO2. The van der Waals surface area contributed by atoms with Gasteiger partial charge in [0.2, 0.25) is 0 Å². The minimum atomic E-state index is -0.443. The Labute approximate surface area is 126 Å². The predicted octanol–water partition coefficient (Wildman–Crippen LogP) is 3.62. The standard InChI is InChI=1S/C18H14FNO2/c1-11-5-3-8-15-10-16(12(2)21)17(18(22)20(11)15)13-6-4-7-14(19)9-13/h3-10H,1-2H3. The highest BCUT2D eigenvalue weighted by molar-refractivity contribution is 6.01. The lowest BCUT2D eigenvalue weighted by molar-refractivity contribution is 0.101. The van der Waals surface area contributed by atoms with Crippen LogP contribution in [0.4, 0.5) is 4.39 Å². The summed E-state index contributed by atoms with van der Waals surface area (Å²) in [6.07, 6.45) is 0. The molecule has 4 heteroatoms. The first-order valence-electron chi connectivity index (χ1n) is 6.91. The minimum absolute atomic E-state index is 0.222. The summed E-state index contributed by atoms with van der Waals surface area (Å²) in [7, 11) is 0. The summed E-state index contributed by atoms with van der Waals surface area (Å²) in [6.45, 7) is 3.22. The van der Waals surface area contributed by atoms with E-state index in [-0.39, 0.29) is 16.9 Å². The second-order valence-electron chi connectivity index (χ2n) is 5.23. The van der Waals surface area contributed by atoms with Gasteiger partial charge in [-0.1, -0.05) is 18.2 Å². The van der Waals surface area contributed by atoms with Crippen LogP contribution in [0, 0.1) is 12.7 Å². The first kappa shape index (κ1) is 14.2. The van der Waals surface area contributed by atoms with Gasteiger partial charge in [0.1, 0.15) is 5.82 Å². The molecule has 0 saturated heterocycles. The second kappa shape index (κ2) is 5.22. The summed E-state index contributed by atoms with van der Waals surface area (Å²) in [6, 6.07) is 12.8. The largest absolute Gasteiger partial charge is 0.294 e. The normalized spacial score (nSPS) is 10.9. The number of halogens is 1. The molecule has 0 atom stereocenters. The first-order chi connectivity index (χ1) is 10.5. The lowest BCUT2D eigenvalue weighted by atomic mass is 9.98. The van der Waals surface area contributed by atoms with E-state index in [1.807, 2.05) is 19.1 Å². The number of aromatic nitrogens is 1. The molecule has 0 spiro atoms. The van der Waals surface area contributed by atoms with Crippen molar-refractivity contribution in [2.24, 2.45) is 0 Å². The van der Waals surface area contributed by atoms with Crippen molar-refractivity contribution in [1.82, 2.24) is 4.40 Å². The highest BCUT2D eigenvalue weighted by Gasteiger charge is 2.17. The molecule has 0 radical (unpaired) electrons. The molecule has 0 saturated carbocycles. The summed E-state index contributed by atoms with van der Waals surface area (Å²) in [5.41, 5.74) is 2.05. The predicted molar refractivity (Wildman–Crippen MR) is 83.8 cm³/mol. The van der Waals surface area contributed by atoms with Gasteiger partial charge in [0.25, 0.3) is 5.56 Å².